The van der Waals surface area contributed by atoms with Crippen LogP contribution in [0.4, 0.5) is 10.6 Å². The second-order valence-corrected chi connectivity index (χ2v) is 8.94. The highest BCUT2D eigenvalue weighted by atomic mass is 32.1. The number of hydrogen-bond acceptors (Lipinski definition) is 6. The zero-order valence-electron chi connectivity index (χ0n) is 20.2. The van der Waals surface area contributed by atoms with Crippen molar-refractivity contribution in [1.29, 1.82) is 5.41 Å². The van der Waals surface area contributed by atoms with E-state index in [1.54, 1.807) is 17.5 Å². The van der Waals surface area contributed by atoms with Gasteiger partial charge in [0.1, 0.15) is 30.0 Å². The molecule has 2 unspecified atom stereocenters. The van der Waals surface area contributed by atoms with E-state index >= 15 is 0 Å². The minimum atomic E-state index is -1.36. The summed E-state index contributed by atoms with van der Waals surface area (Å²) in [4.78, 5) is 17.6. The van der Waals surface area contributed by atoms with Crippen LogP contribution in [-0.2, 0) is 4.74 Å². The van der Waals surface area contributed by atoms with Crippen LogP contribution in [0.5, 0.6) is 0 Å². The Morgan fingerprint density at radius 1 is 1.29 bits per heavy atom. The highest BCUT2D eigenvalue weighted by molar-refractivity contribution is 7.74. The maximum atomic E-state index is 12.9. The molecule has 2 amide bonds. The zero-order valence-corrected chi connectivity index (χ0v) is 21.1. The predicted molar refractivity (Wildman–Crippen MR) is 140 cm³/mol. The second-order valence-electron chi connectivity index (χ2n) is 8.36. The van der Waals surface area contributed by atoms with Crippen LogP contribution in [0.2, 0.25) is 0 Å². The summed E-state index contributed by atoms with van der Waals surface area (Å²) in [5.41, 5.74) is 4.39. The van der Waals surface area contributed by atoms with E-state index < -0.39 is 10.2 Å². The van der Waals surface area contributed by atoms with Gasteiger partial charge < -0.3 is 10.1 Å². The molecule has 4 N–H and O–H groups in total. The maximum absolute atomic E-state index is 12.9. The van der Waals surface area contributed by atoms with Crippen molar-refractivity contribution in [3.63, 3.8) is 0 Å². The number of quaternary nitrogens is 1. The fraction of sp³-hybridized carbons (Fsp3) is 0.320. The number of carbonyl (C=O) groups excluding carboxylic acids is 1. The third-order valence-corrected chi connectivity index (χ3v) is 6.07. The van der Waals surface area contributed by atoms with E-state index in [0.717, 1.165) is 31.0 Å². The first-order chi connectivity index (χ1) is 16.8. The minimum absolute atomic E-state index is 0.0200. The van der Waals surface area contributed by atoms with Gasteiger partial charge in [0, 0.05) is 15.9 Å². The van der Waals surface area contributed by atoms with Crippen molar-refractivity contribution in [2.45, 2.75) is 40.0 Å². The number of amides is 2. The second kappa shape index (κ2) is 11.9. The summed E-state index contributed by atoms with van der Waals surface area (Å²) >= 11 is 4.16. The summed E-state index contributed by atoms with van der Waals surface area (Å²) in [7, 11) is 0. The largest absolute Gasteiger partial charge is 0.492 e. The predicted octanol–water partition coefficient (Wildman–Crippen LogP) is 5.81. The number of imidazole rings is 1. The third-order valence-electron chi connectivity index (χ3n) is 5.76. The summed E-state index contributed by atoms with van der Waals surface area (Å²) in [5, 5.41) is 21.4. The average molecular weight is 498 g/mol. The van der Waals surface area contributed by atoms with Gasteiger partial charge in [0.05, 0.1) is 12.8 Å². The Morgan fingerprint density at radius 2 is 2.00 bits per heavy atom. The number of anilines is 1. The third kappa shape index (κ3) is 6.62. The first-order valence-corrected chi connectivity index (χ1v) is 12.0. The molecule has 0 fully saturated rings. The molecule has 0 bridgehead atoms. The van der Waals surface area contributed by atoms with Crippen LogP contribution in [0, 0.1) is 11.3 Å². The van der Waals surface area contributed by atoms with Gasteiger partial charge in [0.2, 0.25) is 0 Å². The number of ether oxygens (including phenoxy) is 1. The van der Waals surface area contributed by atoms with Crippen molar-refractivity contribution < 1.29 is 18.9 Å². The molecule has 35 heavy (non-hydrogen) atoms. The molecule has 10 heteroatoms. The highest BCUT2D eigenvalue weighted by Gasteiger charge is 2.34. The van der Waals surface area contributed by atoms with Gasteiger partial charge in [-0.05, 0) is 37.8 Å². The lowest BCUT2D eigenvalue weighted by atomic mass is 10.0. The SMILES string of the molecule is CCC(C)CCCO/C(C)=C(/C=N)[N+](O)(S)NC(=O)Nc1c(-c2ccccc2)nc2ccccn12. The number of hydroxylamine groups is 1. The van der Waals surface area contributed by atoms with Gasteiger partial charge >= 0.3 is 6.03 Å². The van der Waals surface area contributed by atoms with E-state index in [9.17, 15) is 10.0 Å². The maximum Gasteiger partial charge on any atom is 0.368 e. The fourth-order valence-corrected chi connectivity index (χ4v) is 3.89. The van der Waals surface area contributed by atoms with Crippen molar-refractivity contribution in [2.24, 2.45) is 5.92 Å². The Balaban J connectivity index is 1.77. The van der Waals surface area contributed by atoms with E-state index in [2.05, 4.69) is 42.4 Å². The molecular formula is C25H33N6O3S+. The van der Waals surface area contributed by atoms with E-state index in [1.165, 1.54) is 0 Å². The fourth-order valence-electron chi connectivity index (χ4n) is 3.60. The number of urea groups is 1. The van der Waals surface area contributed by atoms with E-state index in [0.29, 0.717) is 35.4 Å². The number of aromatic nitrogens is 2. The van der Waals surface area contributed by atoms with Crippen LogP contribution >= 0.6 is 12.8 Å². The van der Waals surface area contributed by atoms with Crippen LogP contribution in [0.25, 0.3) is 16.9 Å². The molecule has 0 aliphatic heterocycles. The Kier molecular flexibility index (Phi) is 8.91. The van der Waals surface area contributed by atoms with Crippen LogP contribution < -0.4 is 10.7 Å². The molecule has 9 nitrogen and oxygen atoms in total. The molecular weight excluding hydrogens is 464 g/mol. The summed E-state index contributed by atoms with van der Waals surface area (Å²) in [6.07, 6.45) is 5.66. The molecule has 0 saturated carbocycles. The number of allylic oxidation sites excluding steroid dienone is 2. The first kappa shape index (κ1) is 26.3. The summed E-state index contributed by atoms with van der Waals surface area (Å²) in [5.74, 6) is 1.33. The molecule has 0 aliphatic carbocycles. The van der Waals surface area contributed by atoms with Gasteiger partial charge in [0.25, 0.3) is 5.70 Å². The molecule has 186 valence electrons. The number of hydrogen-bond donors (Lipinski definition) is 5. The molecule has 1 aromatic carbocycles. The van der Waals surface area contributed by atoms with E-state index in [-0.39, 0.29) is 5.70 Å². The molecule has 2 heterocycles. The van der Waals surface area contributed by atoms with Crippen molar-refractivity contribution in [3.05, 3.63) is 66.2 Å². The van der Waals surface area contributed by atoms with Crippen molar-refractivity contribution >= 4 is 36.5 Å². The van der Waals surface area contributed by atoms with Crippen LogP contribution in [0.15, 0.2) is 66.2 Å². The summed E-state index contributed by atoms with van der Waals surface area (Å²) in [6, 6.07) is 14.2. The van der Waals surface area contributed by atoms with Crippen LogP contribution in [-0.4, -0.2) is 37.6 Å². The van der Waals surface area contributed by atoms with Crippen LogP contribution in [0.1, 0.15) is 40.0 Å². The van der Waals surface area contributed by atoms with E-state index in [4.69, 9.17) is 10.1 Å². The molecule has 0 radical (unpaired) electrons. The Morgan fingerprint density at radius 3 is 2.69 bits per heavy atom. The average Bonchev–Trinajstić information content (AvgIpc) is 3.20. The number of carbonyl (C=O) groups is 1. The standard InChI is InChI=1S/C25H32N6O3S/c1-4-18(2)11-10-16-34-19(3)21(17-26)31(33,35)29-25(32)28-24-23(20-12-6-5-7-13-20)27-22-14-8-9-15-30(22)24/h5-9,12-15,17-18,26,33,35H,4,10-11,16H2,1-3H3,(H-,28,29,32)/p+1/b21-19-,26-17?. The lowest BCUT2D eigenvalue weighted by molar-refractivity contribution is -0.984. The smallest absolute Gasteiger partial charge is 0.368 e. The number of thiol groups is 1. The quantitative estimate of drug-likeness (QED) is 0.0574. The molecule has 2 aromatic heterocycles. The van der Waals surface area contributed by atoms with Gasteiger partial charge in [-0.3, -0.25) is 9.72 Å². The molecule has 0 saturated heterocycles. The molecule has 3 rings (SSSR count). The van der Waals surface area contributed by atoms with Crippen molar-refractivity contribution in [3.8, 4) is 11.3 Å². The Labute approximate surface area is 211 Å². The van der Waals surface area contributed by atoms with Crippen molar-refractivity contribution in [1.82, 2.24) is 14.8 Å². The number of fused-ring (bicyclic) bond motifs is 1. The van der Waals surface area contributed by atoms with E-state index in [1.807, 2.05) is 48.5 Å². The number of nitrogens with zero attached hydrogens (tertiary/aromatic N) is 3. The van der Waals surface area contributed by atoms with Crippen LogP contribution in [0.3, 0.4) is 0 Å². The minimum Gasteiger partial charge on any atom is -0.492 e. The Bertz CT molecular complexity index is 1190. The summed E-state index contributed by atoms with van der Waals surface area (Å²) < 4.78 is 6.10. The highest BCUT2D eigenvalue weighted by Crippen LogP contribution is 2.29. The monoisotopic (exact) mass is 497 g/mol. The number of rotatable bonds is 11. The lowest BCUT2D eigenvalue weighted by Crippen LogP contribution is -2.52. The van der Waals surface area contributed by atoms with Gasteiger partial charge in [-0.1, -0.05) is 56.7 Å². The topological polar surface area (TPSA) is 112 Å². The first-order valence-electron chi connectivity index (χ1n) is 11.6. The lowest BCUT2D eigenvalue weighted by Gasteiger charge is -2.23. The van der Waals surface area contributed by atoms with Gasteiger partial charge in [-0.25, -0.2) is 9.78 Å². The molecule has 3 aromatic rings. The van der Waals surface area contributed by atoms with Gasteiger partial charge in [-0.15, -0.1) is 5.43 Å². The molecule has 0 aliphatic rings. The van der Waals surface area contributed by atoms with Crippen molar-refractivity contribution in [2.75, 3.05) is 11.9 Å². The van der Waals surface area contributed by atoms with Gasteiger partial charge in [0.15, 0.2) is 5.76 Å². The number of benzene rings is 1. The summed E-state index contributed by atoms with van der Waals surface area (Å²) in [6.45, 7) is 6.40. The normalized spacial score (nSPS) is 14.5. The molecule has 0 spiro atoms. The van der Waals surface area contributed by atoms with Gasteiger partial charge in [-0.2, -0.15) is 5.21 Å². The Hall–Kier alpha value is -3.34. The number of pyridine rings is 1. The number of nitrogens with one attached hydrogen (secondary N) is 3. The molecule has 2 atom stereocenters. The zero-order chi connectivity index (χ0) is 25.4.